The standard InChI is InChI=1S/C13H18N4O2S/c1-5-17(12-7-6-8-14-11(12)3)20(18,19)13-10(2)9-15-16(13)4/h6-9H,5H2,1-4H3. The molecule has 2 rings (SSSR count). The van der Waals surface area contributed by atoms with Crippen molar-refractivity contribution in [3.63, 3.8) is 0 Å². The molecule has 0 saturated carbocycles. The quantitative estimate of drug-likeness (QED) is 0.860. The van der Waals surface area contributed by atoms with Crippen molar-refractivity contribution in [2.45, 2.75) is 25.8 Å². The van der Waals surface area contributed by atoms with Crippen LogP contribution in [0.25, 0.3) is 0 Å². The molecule has 6 nitrogen and oxygen atoms in total. The van der Waals surface area contributed by atoms with Crippen LogP contribution in [0.2, 0.25) is 0 Å². The molecule has 0 N–H and O–H groups in total. The molecule has 0 bridgehead atoms. The van der Waals surface area contributed by atoms with E-state index in [1.165, 1.54) is 8.99 Å². The van der Waals surface area contributed by atoms with Gasteiger partial charge in [-0.05, 0) is 32.9 Å². The molecular weight excluding hydrogens is 276 g/mol. The molecule has 0 unspecified atom stereocenters. The van der Waals surface area contributed by atoms with E-state index >= 15 is 0 Å². The van der Waals surface area contributed by atoms with Gasteiger partial charge in [-0.2, -0.15) is 13.5 Å². The van der Waals surface area contributed by atoms with Crippen molar-refractivity contribution in [2.24, 2.45) is 7.05 Å². The molecule has 0 spiro atoms. The molecule has 0 aromatic carbocycles. The summed E-state index contributed by atoms with van der Waals surface area (Å²) < 4.78 is 28.5. The number of hydrogen-bond donors (Lipinski definition) is 0. The zero-order valence-corrected chi connectivity index (χ0v) is 12.8. The first kappa shape index (κ1) is 14.5. The summed E-state index contributed by atoms with van der Waals surface area (Å²) in [6.07, 6.45) is 3.20. The van der Waals surface area contributed by atoms with Gasteiger partial charge in [0, 0.05) is 25.4 Å². The van der Waals surface area contributed by atoms with Crippen molar-refractivity contribution in [1.29, 1.82) is 0 Å². The fourth-order valence-corrected chi connectivity index (χ4v) is 4.06. The van der Waals surface area contributed by atoms with Gasteiger partial charge in [-0.15, -0.1) is 0 Å². The summed E-state index contributed by atoms with van der Waals surface area (Å²) in [6.45, 7) is 5.67. The normalized spacial score (nSPS) is 11.6. The van der Waals surface area contributed by atoms with Gasteiger partial charge in [0.2, 0.25) is 0 Å². The van der Waals surface area contributed by atoms with Crippen molar-refractivity contribution < 1.29 is 8.42 Å². The Morgan fingerprint density at radius 2 is 2.05 bits per heavy atom. The molecule has 0 aliphatic rings. The summed E-state index contributed by atoms with van der Waals surface area (Å²) >= 11 is 0. The van der Waals surface area contributed by atoms with Crippen molar-refractivity contribution in [3.8, 4) is 0 Å². The maximum atomic E-state index is 12.9. The third-order valence-corrected chi connectivity index (χ3v) is 5.24. The van der Waals surface area contributed by atoms with E-state index in [-0.39, 0.29) is 5.03 Å². The average molecular weight is 294 g/mol. The molecule has 0 atom stereocenters. The first-order valence-electron chi connectivity index (χ1n) is 6.32. The van der Waals surface area contributed by atoms with Crippen molar-refractivity contribution in [2.75, 3.05) is 10.8 Å². The molecule has 0 radical (unpaired) electrons. The minimum Gasteiger partial charge on any atom is -0.264 e. The summed E-state index contributed by atoms with van der Waals surface area (Å²) in [4.78, 5) is 4.16. The van der Waals surface area contributed by atoms with Crippen LogP contribution < -0.4 is 4.31 Å². The van der Waals surface area contributed by atoms with Crippen LogP contribution in [0.3, 0.4) is 0 Å². The van der Waals surface area contributed by atoms with E-state index in [2.05, 4.69) is 10.1 Å². The van der Waals surface area contributed by atoms with Crippen LogP contribution in [0.15, 0.2) is 29.6 Å². The van der Waals surface area contributed by atoms with Gasteiger partial charge in [0.25, 0.3) is 10.0 Å². The zero-order chi connectivity index (χ0) is 14.9. The Kier molecular flexibility index (Phi) is 3.80. The maximum Gasteiger partial charge on any atom is 0.281 e. The number of pyridine rings is 1. The maximum absolute atomic E-state index is 12.9. The lowest BCUT2D eigenvalue weighted by molar-refractivity contribution is 0.571. The van der Waals surface area contributed by atoms with Gasteiger partial charge in [-0.3, -0.25) is 14.0 Å². The highest BCUT2D eigenvalue weighted by molar-refractivity contribution is 7.92. The number of nitrogens with zero attached hydrogens (tertiary/aromatic N) is 4. The van der Waals surface area contributed by atoms with E-state index < -0.39 is 10.0 Å². The van der Waals surface area contributed by atoms with E-state index in [0.29, 0.717) is 23.5 Å². The minimum atomic E-state index is -3.65. The molecule has 108 valence electrons. The monoisotopic (exact) mass is 294 g/mol. The largest absolute Gasteiger partial charge is 0.281 e. The molecular formula is C13H18N4O2S. The first-order chi connectivity index (χ1) is 9.39. The number of sulfonamides is 1. The average Bonchev–Trinajstić information content (AvgIpc) is 2.72. The van der Waals surface area contributed by atoms with Gasteiger partial charge in [0.05, 0.1) is 17.6 Å². The van der Waals surface area contributed by atoms with Gasteiger partial charge in [-0.1, -0.05) is 0 Å². The highest BCUT2D eigenvalue weighted by Gasteiger charge is 2.29. The fraction of sp³-hybridized carbons (Fsp3) is 0.385. The van der Waals surface area contributed by atoms with Crippen LogP contribution in [0.5, 0.6) is 0 Å². The molecule has 0 saturated heterocycles. The summed E-state index contributed by atoms with van der Waals surface area (Å²) in [5.41, 5.74) is 1.90. The lowest BCUT2D eigenvalue weighted by Gasteiger charge is -2.24. The van der Waals surface area contributed by atoms with Crippen LogP contribution in [0.1, 0.15) is 18.2 Å². The van der Waals surface area contributed by atoms with Gasteiger partial charge in [-0.25, -0.2) is 0 Å². The Balaban J connectivity index is 2.60. The van der Waals surface area contributed by atoms with Crippen molar-refractivity contribution in [1.82, 2.24) is 14.8 Å². The fourth-order valence-electron chi connectivity index (χ4n) is 2.22. The van der Waals surface area contributed by atoms with E-state index in [0.717, 1.165) is 0 Å². The van der Waals surface area contributed by atoms with E-state index in [1.807, 2.05) is 0 Å². The molecule has 0 amide bonds. The van der Waals surface area contributed by atoms with Crippen LogP contribution >= 0.6 is 0 Å². The Bertz CT molecular complexity index is 702. The summed E-state index contributed by atoms with van der Waals surface area (Å²) in [5.74, 6) is 0. The molecule has 0 aliphatic heterocycles. The number of aryl methyl sites for hydroxylation is 3. The van der Waals surface area contributed by atoms with Crippen molar-refractivity contribution in [3.05, 3.63) is 35.8 Å². The van der Waals surface area contributed by atoms with Crippen LogP contribution in [0.4, 0.5) is 5.69 Å². The Morgan fingerprint density at radius 1 is 1.35 bits per heavy atom. The predicted octanol–water partition coefficient (Wildman–Crippen LogP) is 1.65. The van der Waals surface area contributed by atoms with E-state index in [9.17, 15) is 8.42 Å². The molecule has 0 fully saturated rings. The van der Waals surface area contributed by atoms with Gasteiger partial charge >= 0.3 is 0 Å². The SMILES string of the molecule is CCN(c1cccnc1C)S(=O)(=O)c1c(C)cnn1C. The second-order valence-corrected chi connectivity index (χ2v) is 6.31. The third-order valence-electron chi connectivity index (χ3n) is 3.13. The highest BCUT2D eigenvalue weighted by Crippen LogP contribution is 2.26. The first-order valence-corrected chi connectivity index (χ1v) is 7.76. The van der Waals surface area contributed by atoms with Crippen molar-refractivity contribution >= 4 is 15.7 Å². The third kappa shape index (κ3) is 2.29. The molecule has 20 heavy (non-hydrogen) atoms. The predicted molar refractivity (Wildman–Crippen MR) is 77.1 cm³/mol. The molecule has 7 heteroatoms. The number of rotatable bonds is 4. The minimum absolute atomic E-state index is 0.211. The Hall–Kier alpha value is -1.89. The zero-order valence-electron chi connectivity index (χ0n) is 12.0. The topological polar surface area (TPSA) is 68.1 Å². The summed E-state index contributed by atoms with van der Waals surface area (Å²) in [5, 5.41) is 4.22. The number of hydrogen-bond acceptors (Lipinski definition) is 4. The molecule has 2 aromatic heterocycles. The van der Waals surface area contributed by atoms with Gasteiger partial charge in [0.15, 0.2) is 5.03 Å². The smallest absolute Gasteiger partial charge is 0.264 e. The van der Waals surface area contributed by atoms with Gasteiger partial charge < -0.3 is 0 Å². The number of anilines is 1. The highest BCUT2D eigenvalue weighted by atomic mass is 32.2. The van der Waals surface area contributed by atoms with E-state index in [1.54, 1.807) is 52.3 Å². The summed E-state index contributed by atoms with van der Waals surface area (Å²) in [7, 11) is -2.02. The second-order valence-electron chi connectivity index (χ2n) is 4.53. The van der Waals surface area contributed by atoms with Crippen LogP contribution in [-0.2, 0) is 17.1 Å². The molecule has 2 heterocycles. The lowest BCUT2D eigenvalue weighted by Crippen LogP contribution is -2.33. The Morgan fingerprint density at radius 3 is 2.55 bits per heavy atom. The van der Waals surface area contributed by atoms with Crippen LogP contribution in [-0.4, -0.2) is 29.7 Å². The van der Waals surface area contributed by atoms with Gasteiger partial charge in [0.1, 0.15) is 0 Å². The number of aromatic nitrogens is 3. The summed E-state index contributed by atoms with van der Waals surface area (Å²) in [6, 6.07) is 3.49. The second kappa shape index (κ2) is 5.24. The molecule has 0 aliphatic carbocycles. The molecule has 2 aromatic rings. The lowest BCUT2D eigenvalue weighted by atomic mass is 10.3. The Labute approximate surface area is 119 Å². The van der Waals surface area contributed by atoms with Crippen LogP contribution in [0, 0.1) is 13.8 Å². The van der Waals surface area contributed by atoms with E-state index in [4.69, 9.17) is 0 Å².